The molecule has 6 nitrogen and oxygen atoms in total. The molecular weight excluding hydrogens is 342 g/mol. The number of ether oxygens (including phenoxy) is 2. The van der Waals surface area contributed by atoms with Gasteiger partial charge in [-0.15, -0.1) is 10.2 Å². The predicted octanol–water partition coefficient (Wildman–Crippen LogP) is 3.93. The average molecular weight is 367 g/mol. The van der Waals surface area contributed by atoms with Crippen molar-refractivity contribution in [2.75, 3.05) is 26.8 Å². The zero-order valence-electron chi connectivity index (χ0n) is 16.0. The molecule has 0 bridgehead atoms. The molecule has 142 valence electrons. The largest absolute Gasteiger partial charge is 0.497 e. The Balaban J connectivity index is 1.48. The minimum Gasteiger partial charge on any atom is -0.497 e. The van der Waals surface area contributed by atoms with E-state index in [9.17, 15) is 0 Å². The molecule has 1 atom stereocenters. The van der Waals surface area contributed by atoms with E-state index in [1.165, 1.54) is 10.9 Å². The summed E-state index contributed by atoms with van der Waals surface area (Å²) >= 11 is 0. The van der Waals surface area contributed by atoms with Crippen LogP contribution >= 0.6 is 0 Å². The van der Waals surface area contributed by atoms with Gasteiger partial charge in [-0.05, 0) is 34.5 Å². The lowest BCUT2D eigenvalue weighted by Gasteiger charge is -2.32. The van der Waals surface area contributed by atoms with Gasteiger partial charge in [-0.1, -0.05) is 32.0 Å². The third-order valence-electron chi connectivity index (χ3n) is 4.93. The Hall–Kier alpha value is -2.44. The van der Waals surface area contributed by atoms with Gasteiger partial charge in [0.1, 0.15) is 5.75 Å². The lowest BCUT2D eigenvalue weighted by molar-refractivity contribution is -0.0352. The van der Waals surface area contributed by atoms with Gasteiger partial charge in [-0.3, -0.25) is 4.90 Å². The van der Waals surface area contributed by atoms with E-state index in [1.54, 1.807) is 7.11 Å². The van der Waals surface area contributed by atoms with Crippen LogP contribution in [-0.2, 0) is 11.3 Å². The number of hydrogen-bond acceptors (Lipinski definition) is 6. The molecule has 6 heteroatoms. The van der Waals surface area contributed by atoms with Crippen LogP contribution < -0.4 is 4.74 Å². The van der Waals surface area contributed by atoms with Gasteiger partial charge in [-0.2, -0.15) is 0 Å². The summed E-state index contributed by atoms with van der Waals surface area (Å²) in [6.45, 7) is 7.12. The second-order valence-corrected chi connectivity index (χ2v) is 7.26. The number of nitrogens with zero attached hydrogens (tertiary/aromatic N) is 3. The van der Waals surface area contributed by atoms with E-state index in [2.05, 4.69) is 59.3 Å². The summed E-state index contributed by atoms with van der Waals surface area (Å²) in [5.74, 6) is 2.49. The highest BCUT2D eigenvalue weighted by Crippen LogP contribution is 2.28. The molecule has 1 aromatic heterocycles. The SMILES string of the molecule is COc1ccc2cc([C@H]3CN(Cc4nnc(C(C)C)o4)CCO3)ccc2c1. The van der Waals surface area contributed by atoms with Crippen molar-refractivity contribution in [1.29, 1.82) is 0 Å². The third-order valence-corrected chi connectivity index (χ3v) is 4.93. The van der Waals surface area contributed by atoms with E-state index < -0.39 is 0 Å². The number of methoxy groups -OCH3 is 1. The van der Waals surface area contributed by atoms with Crippen molar-refractivity contribution in [3.8, 4) is 5.75 Å². The Labute approximate surface area is 159 Å². The van der Waals surface area contributed by atoms with Gasteiger partial charge in [0, 0.05) is 19.0 Å². The minimum absolute atomic E-state index is 0.0396. The molecule has 3 aromatic rings. The van der Waals surface area contributed by atoms with Crippen molar-refractivity contribution in [3.05, 3.63) is 53.7 Å². The van der Waals surface area contributed by atoms with Gasteiger partial charge in [0.2, 0.25) is 11.8 Å². The van der Waals surface area contributed by atoms with Crippen LogP contribution in [0.5, 0.6) is 5.75 Å². The number of aromatic nitrogens is 2. The van der Waals surface area contributed by atoms with Gasteiger partial charge in [0.05, 0.1) is 26.4 Å². The van der Waals surface area contributed by atoms with Crippen LogP contribution in [0.4, 0.5) is 0 Å². The van der Waals surface area contributed by atoms with Gasteiger partial charge in [0.25, 0.3) is 0 Å². The third kappa shape index (κ3) is 3.96. The standard InChI is InChI=1S/C21H25N3O3/c1-14(2)21-23-22-20(27-21)13-24-8-9-26-19(12-24)17-5-4-16-11-18(25-3)7-6-15(16)10-17/h4-7,10-11,14,19H,8-9,12-13H2,1-3H3/t19-/m1/s1. The van der Waals surface area contributed by atoms with Gasteiger partial charge in [-0.25, -0.2) is 0 Å². The first kappa shape index (κ1) is 17.9. The van der Waals surface area contributed by atoms with E-state index in [-0.39, 0.29) is 12.0 Å². The van der Waals surface area contributed by atoms with Gasteiger partial charge < -0.3 is 13.9 Å². The summed E-state index contributed by atoms with van der Waals surface area (Å²) in [7, 11) is 1.69. The van der Waals surface area contributed by atoms with E-state index in [0.29, 0.717) is 24.9 Å². The monoisotopic (exact) mass is 367 g/mol. The number of morpholine rings is 1. The first-order chi connectivity index (χ1) is 13.1. The quantitative estimate of drug-likeness (QED) is 0.681. The summed E-state index contributed by atoms with van der Waals surface area (Å²) < 4.78 is 17.1. The lowest BCUT2D eigenvalue weighted by Crippen LogP contribution is -2.37. The van der Waals surface area contributed by atoms with Gasteiger partial charge >= 0.3 is 0 Å². The van der Waals surface area contributed by atoms with Crippen molar-refractivity contribution in [2.24, 2.45) is 0 Å². The van der Waals surface area contributed by atoms with Crippen molar-refractivity contribution in [2.45, 2.75) is 32.4 Å². The van der Waals surface area contributed by atoms with Crippen molar-refractivity contribution < 1.29 is 13.9 Å². The second-order valence-electron chi connectivity index (χ2n) is 7.26. The average Bonchev–Trinajstić information content (AvgIpc) is 3.16. The van der Waals surface area contributed by atoms with E-state index >= 15 is 0 Å². The van der Waals surface area contributed by atoms with Crippen molar-refractivity contribution >= 4 is 10.8 Å². The molecule has 0 spiro atoms. The van der Waals surface area contributed by atoms with Crippen LogP contribution in [0, 0.1) is 0 Å². The Kier molecular flexibility index (Phi) is 5.09. The van der Waals surface area contributed by atoms with Crippen LogP contribution in [0.1, 0.15) is 43.2 Å². The van der Waals surface area contributed by atoms with E-state index in [1.807, 2.05) is 6.07 Å². The topological polar surface area (TPSA) is 60.6 Å². The molecule has 2 heterocycles. The number of fused-ring (bicyclic) bond motifs is 1. The summed E-state index contributed by atoms with van der Waals surface area (Å²) in [5, 5.41) is 10.6. The van der Waals surface area contributed by atoms with Gasteiger partial charge in [0.15, 0.2) is 0 Å². The Morgan fingerprint density at radius 3 is 2.74 bits per heavy atom. The van der Waals surface area contributed by atoms with Crippen molar-refractivity contribution in [1.82, 2.24) is 15.1 Å². The molecule has 1 saturated heterocycles. The van der Waals surface area contributed by atoms with Crippen LogP contribution in [0.2, 0.25) is 0 Å². The maximum atomic E-state index is 6.04. The molecular formula is C21H25N3O3. The molecule has 0 saturated carbocycles. The molecule has 27 heavy (non-hydrogen) atoms. The molecule has 0 radical (unpaired) electrons. The smallest absolute Gasteiger partial charge is 0.230 e. The zero-order valence-corrected chi connectivity index (χ0v) is 16.0. The number of rotatable bonds is 5. The fourth-order valence-corrected chi connectivity index (χ4v) is 3.37. The van der Waals surface area contributed by atoms with Crippen LogP contribution in [0.15, 0.2) is 40.8 Å². The molecule has 1 fully saturated rings. The lowest BCUT2D eigenvalue weighted by atomic mass is 10.0. The van der Waals surface area contributed by atoms with E-state index in [0.717, 1.165) is 24.2 Å². The highest BCUT2D eigenvalue weighted by molar-refractivity contribution is 5.84. The first-order valence-corrected chi connectivity index (χ1v) is 9.36. The molecule has 0 unspecified atom stereocenters. The summed E-state index contributed by atoms with van der Waals surface area (Å²) in [6, 6.07) is 12.6. The highest BCUT2D eigenvalue weighted by atomic mass is 16.5. The van der Waals surface area contributed by atoms with E-state index in [4.69, 9.17) is 13.9 Å². The maximum Gasteiger partial charge on any atom is 0.230 e. The number of benzene rings is 2. The molecule has 1 aliphatic rings. The maximum absolute atomic E-state index is 6.04. The molecule has 1 aliphatic heterocycles. The first-order valence-electron chi connectivity index (χ1n) is 9.36. The summed E-state index contributed by atoms with van der Waals surface area (Å²) in [5.41, 5.74) is 1.19. The summed E-state index contributed by atoms with van der Waals surface area (Å²) in [4.78, 5) is 2.31. The highest BCUT2D eigenvalue weighted by Gasteiger charge is 2.24. The Morgan fingerprint density at radius 1 is 1.15 bits per heavy atom. The zero-order chi connectivity index (χ0) is 18.8. The van der Waals surface area contributed by atoms with Crippen molar-refractivity contribution in [3.63, 3.8) is 0 Å². The molecule has 2 aromatic carbocycles. The fourth-order valence-electron chi connectivity index (χ4n) is 3.37. The molecule has 0 N–H and O–H groups in total. The molecule has 4 rings (SSSR count). The molecule has 0 aliphatic carbocycles. The molecule has 0 amide bonds. The predicted molar refractivity (Wildman–Crippen MR) is 103 cm³/mol. The van der Waals surface area contributed by atoms with Crippen LogP contribution in [-0.4, -0.2) is 41.9 Å². The minimum atomic E-state index is 0.0396. The Morgan fingerprint density at radius 2 is 1.96 bits per heavy atom. The van der Waals surface area contributed by atoms with Crippen LogP contribution in [0.3, 0.4) is 0 Å². The fraction of sp³-hybridized carbons (Fsp3) is 0.429. The second kappa shape index (κ2) is 7.66. The number of hydrogen-bond donors (Lipinski definition) is 0. The summed E-state index contributed by atoms with van der Waals surface area (Å²) in [6.07, 6.45) is 0.0396. The van der Waals surface area contributed by atoms with Crippen LogP contribution in [0.25, 0.3) is 10.8 Å². The normalized spacial score (nSPS) is 18.3. The Bertz CT molecular complexity index is 922.